The number of amides is 5. The van der Waals surface area contributed by atoms with Crippen LogP contribution in [0.4, 0.5) is 11.4 Å². The van der Waals surface area contributed by atoms with Crippen molar-refractivity contribution >= 4 is 82.0 Å². The van der Waals surface area contributed by atoms with Gasteiger partial charge in [-0.05, 0) is 78.9 Å². The van der Waals surface area contributed by atoms with E-state index in [0.29, 0.717) is 37.4 Å². The first-order chi connectivity index (χ1) is 21.6. The van der Waals surface area contributed by atoms with E-state index in [4.69, 9.17) is 28.9 Å². The SMILES string of the molecule is NC(=O)c1ccc(N2C(=O)CC(Sc3ccc(NC(=O)/C(=C/c4c(Cl)cccc4Cl)NC(=O)c4ccccc4)cc3)C2=O)cc1. The lowest BCUT2D eigenvalue weighted by atomic mass is 10.1. The van der Waals surface area contributed by atoms with E-state index >= 15 is 0 Å². The Kier molecular flexibility index (Phi) is 9.68. The van der Waals surface area contributed by atoms with Gasteiger partial charge in [0.15, 0.2) is 0 Å². The van der Waals surface area contributed by atoms with E-state index in [9.17, 15) is 24.0 Å². The van der Waals surface area contributed by atoms with Crippen molar-refractivity contribution in [3.63, 3.8) is 0 Å². The maximum absolute atomic E-state index is 13.4. The summed E-state index contributed by atoms with van der Waals surface area (Å²) in [4.78, 5) is 65.2. The zero-order valence-corrected chi connectivity index (χ0v) is 25.7. The van der Waals surface area contributed by atoms with Gasteiger partial charge in [-0.15, -0.1) is 11.8 Å². The van der Waals surface area contributed by atoms with Gasteiger partial charge in [-0.2, -0.15) is 0 Å². The fourth-order valence-corrected chi connectivity index (χ4v) is 6.02. The van der Waals surface area contributed by atoms with Gasteiger partial charge in [0.25, 0.3) is 11.8 Å². The number of nitrogens with zero attached hydrogens (tertiary/aromatic N) is 1. The molecule has 4 N–H and O–H groups in total. The number of benzene rings is 4. The Morgan fingerprint density at radius 3 is 2.09 bits per heavy atom. The molecule has 0 radical (unpaired) electrons. The zero-order valence-electron chi connectivity index (χ0n) is 23.3. The van der Waals surface area contributed by atoms with E-state index in [2.05, 4.69) is 10.6 Å². The fraction of sp³-hybridized carbons (Fsp3) is 0.0606. The van der Waals surface area contributed by atoms with Crippen molar-refractivity contribution in [1.29, 1.82) is 0 Å². The number of thioether (sulfide) groups is 1. The molecule has 1 atom stereocenters. The molecule has 0 aliphatic carbocycles. The van der Waals surface area contributed by atoms with Gasteiger partial charge in [0.2, 0.25) is 17.7 Å². The van der Waals surface area contributed by atoms with E-state index in [1.54, 1.807) is 72.8 Å². The number of rotatable bonds is 9. The van der Waals surface area contributed by atoms with Gasteiger partial charge in [-0.3, -0.25) is 24.0 Å². The summed E-state index contributed by atoms with van der Waals surface area (Å²) in [5.41, 5.74) is 6.94. The maximum Gasteiger partial charge on any atom is 0.272 e. The molecule has 45 heavy (non-hydrogen) atoms. The largest absolute Gasteiger partial charge is 0.366 e. The number of imide groups is 1. The quantitative estimate of drug-likeness (QED) is 0.151. The second-order valence-corrected chi connectivity index (χ2v) is 11.9. The third kappa shape index (κ3) is 7.43. The van der Waals surface area contributed by atoms with E-state index < -0.39 is 23.0 Å². The predicted molar refractivity (Wildman–Crippen MR) is 175 cm³/mol. The first-order valence-corrected chi connectivity index (χ1v) is 15.1. The van der Waals surface area contributed by atoms with Crippen molar-refractivity contribution in [2.75, 3.05) is 10.2 Å². The fourth-order valence-electron chi connectivity index (χ4n) is 4.46. The van der Waals surface area contributed by atoms with Crippen LogP contribution in [0.1, 0.15) is 32.7 Å². The molecule has 4 aromatic rings. The first kappa shape index (κ1) is 31.5. The van der Waals surface area contributed by atoms with E-state index in [-0.39, 0.29) is 29.5 Å². The third-order valence-corrected chi connectivity index (χ3v) is 8.58. The van der Waals surface area contributed by atoms with Gasteiger partial charge in [0, 0.05) is 43.7 Å². The Morgan fingerprint density at radius 2 is 1.47 bits per heavy atom. The highest BCUT2D eigenvalue weighted by Gasteiger charge is 2.40. The Balaban J connectivity index is 1.29. The molecule has 1 fully saturated rings. The standard InChI is InChI=1S/C33H24Cl2N4O5S/c34-25-7-4-8-26(35)24(25)17-27(38-31(42)20-5-2-1-3-6-20)32(43)37-21-11-15-23(16-12-21)45-28-18-29(40)39(33(28)44)22-13-9-19(10-14-22)30(36)41/h1-17,28H,18H2,(H2,36,41)(H,37,43)(H,38,42)/b27-17-. The molecule has 5 rings (SSSR count). The number of carbonyl (C=O) groups is 5. The summed E-state index contributed by atoms with van der Waals surface area (Å²) in [6, 6.07) is 25.9. The minimum absolute atomic E-state index is 0.000565. The second kappa shape index (κ2) is 13.8. The van der Waals surface area contributed by atoms with Crippen LogP contribution in [-0.4, -0.2) is 34.8 Å². The lowest BCUT2D eigenvalue weighted by molar-refractivity contribution is -0.121. The highest BCUT2D eigenvalue weighted by molar-refractivity contribution is 8.00. The van der Waals surface area contributed by atoms with Crippen LogP contribution in [0.25, 0.3) is 6.08 Å². The van der Waals surface area contributed by atoms with Crippen molar-refractivity contribution in [1.82, 2.24) is 5.32 Å². The van der Waals surface area contributed by atoms with Crippen LogP contribution in [0.2, 0.25) is 10.0 Å². The Morgan fingerprint density at radius 1 is 0.822 bits per heavy atom. The van der Waals surface area contributed by atoms with Gasteiger partial charge in [-0.1, -0.05) is 47.5 Å². The number of carbonyl (C=O) groups excluding carboxylic acids is 5. The lowest BCUT2D eigenvalue weighted by Crippen LogP contribution is -2.31. The molecule has 1 heterocycles. The van der Waals surface area contributed by atoms with Crippen LogP contribution in [0.3, 0.4) is 0 Å². The van der Waals surface area contributed by atoms with Crippen molar-refractivity contribution in [3.8, 4) is 0 Å². The maximum atomic E-state index is 13.4. The average Bonchev–Trinajstić information content (AvgIpc) is 3.31. The molecule has 9 nitrogen and oxygen atoms in total. The van der Waals surface area contributed by atoms with Crippen molar-refractivity contribution < 1.29 is 24.0 Å². The number of nitrogens with one attached hydrogen (secondary N) is 2. The minimum Gasteiger partial charge on any atom is -0.366 e. The summed E-state index contributed by atoms with van der Waals surface area (Å²) in [5, 5.41) is 5.33. The van der Waals surface area contributed by atoms with E-state index in [0.717, 1.165) is 4.90 Å². The minimum atomic E-state index is -0.656. The summed E-state index contributed by atoms with van der Waals surface area (Å²) in [5.74, 6) is -2.46. The Hall–Kier alpha value is -4.90. The molecule has 0 bridgehead atoms. The molecule has 1 aliphatic heterocycles. The summed E-state index contributed by atoms with van der Waals surface area (Å²) in [6.45, 7) is 0. The predicted octanol–water partition coefficient (Wildman–Crippen LogP) is 5.93. The Labute approximate surface area is 272 Å². The molecule has 1 saturated heterocycles. The molecule has 226 valence electrons. The normalized spacial score (nSPS) is 14.8. The average molecular weight is 660 g/mol. The molecule has 12 heteroatoms. The highest BCUT2D eigenvalue weighted by atomic mass is 35.5. The smallest absolute Gasteiger partial charge is 0.272 e. The molecule has 0 spiro atoms. The molecular weight excluding hydrogens is 635 g/mol. The molecule has 0 aromatic heterocycles. The zero-order chi connectivity index (χ0) is 32.1. The second-order valence-electron chi connectivity index (χ2n) is 9.78. The van der Waals surface area contributed by atoms with E-state index in [1.807, 2.05) is 0 Å². The first-order valence-electron chi connectivity index (χ1n) is 13.5. The van der Waals surface area contributed by atoms with Gasteiger partial charge in [0.05, 0.1) is 10.9 Å². The number of primary amides is 1. The lowest BCUT2D eigenvalue weighted by Gasteiger charge is -2.15. The van der Waals surface area contributed by atoms with Gasteiger partial charge >= 0.3 is 0 Å². The summed E-state index contributed by atoms with van der Waals surface area (Å²) < 4.78 is 0. The summed E-state index contributed by atoms with van der Waals surface area (Å²) >= 11 is 13.9. The topological polar surface area (TPSA) is 139 Å². The van der Waals surface area contributed by atoms with Crippen LogP contribution in [-0.2, 0) is 14.4 Å². The van der Waals surface area contributed by atoms with Crippen LogP contribution < -0.4 is 21.3 Å². The van der Waals surface area contributed by atoms with E-state index in [1.165, 1.54) is 42.1 Å². The molecule has 4 aromatic carbocycles. The summed E-state index contributed by atoms with van der Waals surface area (Å²) in [7, 11) is 0. The number of nitrogens with two attached hydrogens (primary N) is 1. The van der Waals surface area contributed by atoms with Crippen molar-refractivity contribution in [2.24, 2.45) is 5.73 Å². The van der Waals surface area contributed by atoms with Gasteiger partial charge < -0.3 is 16.4 Å². The third-order valence-electron chi connectivity index (χ3n) is 6.72. The Bertz CT molecular complexity index is 1810. The summed E-state index contributed by atoms with van der Waals surface area (Å²) in [6.07, 6.45) is 1.40. The van der Waals surface area contributed by atoms with Crippen LogP contribution in [0.5, 0.6) is 0 Å². The molecule has 1 unspecified atom stereocenters. The van der Waals surface area contributed by atoms with Crippen LogP contribution in [0, 0.1) is 0 Å². The van der Waals surface area contributed by atoms with Gasteiger partial charge in [0.1, 0.15) is 5.70 Å². The van der Waals surface area contributed by atoms with Crippen molar-refractivity contribution in [2.45, 2.75) is 16.6 Å². The molecule has 1 aliphatic rings. The highest BCUT2D eigenvalue weighted by Crippen LogP contribution is 2.34. The monoisotopic (exact) mass is 658 g/mol. The molecule has 5 amide bonds. The number of hydrogen-bond donors (Lipinski definition) is 3. The van der Waals surface area contributed by atoms with Crippen LogP contribution in [0.15, 0.2) is 108 Å². The van der Waals surface area contributed by atoms with Crippen LogP contribution >= 0.6 is 35.0 Å². The number of halogens is 2. The van der Waals surface area contributed by atoms with Crippen molar-refractivity contribution in [3.05, 3.63) is 129 Å². The van der Waals surface area contributed by atoms with Gasteiger partial charge in [-0.25, -0.2) is 4.90 Å². The number of anilines is 2. The molecular formula is C33H24Cl2N4O5S. The molecule has 0 saturated carbocycles. The number of hydrogen-bond acceptors (Lipinski definition) is 6.